The van der Waals surface area contributed by atoms with E-state index in [1.165, 1.54) is 5.69 Å². The first-order chi connectivity index (χ1) is 11.7. The Hall–Kier alpha value is -1.85. The van der Waals surface area contributed by atoms with E-state index < -0.39 is 0 Å². The van der Waals surface area contributed by atoms with Crippen molar-refractivity contribution in [2.45, 2.75) is 18.9 Å². The molecule has 2 aliphatic heterocycles. The quantitative estimate of drug-likeness (QED) is 0.855. The highest BCUT2D eigenvalue weighted by Crippen LogP contribution is 2.17. The minimum absolute atomic E-state index is 0.00167. The summed E-state index contributed by atoms with van der Waals surface area (Å²) in [5.74, 6) is 0.00167. The summed E-state index contributed by atoms with van der Waals surface area (Å²) in [5, 5.41) is 3.10. The number of morpholine rings is 1. The first kappa shape index (κ1) is 17.0. The second-order valence-corrected chi connectivity index (χ2v) is 6.61. The number of carbonyl (C=O) groups is 1. The molecule has 2 heterocycles. The Bertz CT molecular complexity index is 556. The van der Waals surface area contributed by atoms with E-state index in [2.05, 4.69) is 46.4 Å². The van der Waals surface area contributed by atoms with Gasteiger partial charge in [0, 0.05) is 30.9 Å². The predicted molar refractivity (Wildman–Crippen MR) is 97.2 cm³/mol. The molecule has 1 aromatic carbocycles. The Balaban J connectivity index is 1.49. The summed E-state index contributed by atoms with van der Waals surface area (Å²) in [6, 6.07) is 8.65. The highest BCUT2D eigenvalue weighted by Gasteiger charge is 2.17. The smallest absolute Gasteiger partial charge is 0.244 e. The molecule has 1 amide bonds. The lowest BCUT2D eigenvalue weighted by Gasteiger charge is -2.29. The van der Waals surface area contributed by atoms with E-state index >= 15 is 0 Å². The van der Waals surface area contributed by atoms with Gasteiger partial charge >= 0.3 is 0 Å². The van der Waals surface area contributed by atoms with Crippen molar-refractivity contribution in [2.75, 3.05) is 51.3 Å². The van der Waals surface area contributed by atoms with Gasteiger partial charge in [-0.3, -0.25) is 4.79 Å². The third-order valence-electron chi connectivity index (χ3n) is 4.76. The fraction of sp³-hybridized carbons (Fsp3) is 0.526. The van der Waals surface area contributed by atoms with Gasteiger partial charge in [0.1, 0.15) is 0 Å². The van der Waals surface area contributed by atoms with Gasteiger partial charge in [0.25, 0.3) is 0 Å². The average Bonchev–Trinajstić information content (AvgIpc) is 2.63. The number of ether oxygens (including phenoxy) is 1. The van der Waals surface area contributed by atoms with E-state index in [0.717, 1.165) is 57.8 Å². The number of nitrogens with one attached hydrogen (secondary N) is 1. The average molecular weight is 329 g/mol. The summed E-state index contributed by atoms with van der Waals surface area (Å²) in [6.45, 7) is 5.56. The van der Waals surface area contributed by atoms with Crippen LogP contribution in [0.3, 0.4) is 0 Å². The normalized spacial score (nSPS) is 20.5. The monoisotopic (exact) mass is 329 g/mol. The van der Waals surface area contributed by atoms with E-state index in [4.69, 9.17) is 4.74 Å². The molecule has 1 N–H and O–H groups in total. The molecule has 1 aromatic rings. The van der Waals surface area contributed by atoms with Crippen molar-refractivity contribution in [3.05, 3.63) is 35.9 Å². The highest BCUT2D eigenvalue weighted by atomic mass is 16.5. The molecule has 5 heteroatoms. The summed E-state index contributed by atoms with van der Waals surface area (Å²) >= 11 is 0. The molecule has 0 radical (unpaired) electrons. The molecule has 24 heavy (non-hydrogen) atoms. The molecular weight excluding hydrogens is 302 g/mol. The lowest BCUT2D eigenvalue weighted by Crippen LogP contribution is -2.42. The Morgan fingerprint density at radius 3 is 2.46 bits per heavy atom. The number of nitrogens with zero attached hydrogens (tertiary/aromatic N) is 2. The molecule has 0 unspecified atom stereocenters. The summed E-state index contributed by atoms with van der Waals surface area (Å²) in [6.07, 6.45) is 5.59. The number of hydrogen-bond donors (Lipinski definition) is 1. The third kappa shape index (κ3) is 4.82. The van der Waals surface area contributed by atoms with E-state index in [0.29, 0.717) is 6.04 Å². The number of piperidine rings is 1. The van der Waals surface area contributed by atoms with Gasteiger partial charge in [-0.05, 0) is 56.8 Å². The molecule has 0 spiro atoms. The topological polar surface area (TPSA) is 44.8 Å². The molecule has 0 saturated carbocycles. The number of hydrogen-bond acceptors (Lipinski definition) is 4. The van der Waals surface area contributed by atoms with Crippen molar-refractivity contribution in [2.24, 2.45) is 0 Å². The Kier molecular flexibility index (Phi) is 5.88. The summed E-state index contributed by atoms with van der Waals surface area (Å²) < 4.78 is 5.38. The van der Waals surface area contributed by atoms with Crippen LogP contribution in [-0.2, 0) is 9.53 Å². The van der Waals surface area contributed by atoms with Gasteiger partial charge in [-0.2, -0.15) is 0 Å². The van der Waals surface area contributed by atoms with Gasteiger partial charge in [-0.15, -0.1) is 0 Å². The van der Waals surface area contributed by atoms with Crippen LogP contribution in [0.25, 0.3) is 6.08 Å². The lowest BCUT2D eigenvalue weighted by atomic mass is 10.1. The van der Waals surface area contributed by atoms with Gasteiger partial charge < -0.3 is 19.9 Å². The van der Waals surface area contributed by atoms with Gasteiger partial charge in [-0.25, -0.2) is 0 Å². The van der Waals surface area contributed by atoms with Gasteiger partial charge in [0.15, 0.2) is 0 Å². The van der Waals surface area contributed by atoms with Crippen molar-refractivity contribution in [3.8, 4) is 0 Å². The van der Waals surface area contributed by atoms with Crippen molar-refractivity contribution >= 4 is 17.7 Å². The fourth-order valence-corrected chi connectivity index (χ4v) is 3.19. The lowest BCUT2D eigenvalue weighted by molar-refractivity contribution is -0.117. The molecule has 0 aliphatic carbocycles. The molecule has 0 aromatic heterocycles. The number of rotatable bonds is 4. The van der Waals surface area contributed by atoms with E-state index in [9.17, 15) is 4.79 Å². The maximum absolute atomic E-state index is 12.0. The first-order valence-corrected chi connectivity index (χ1v) is 8.80. The number of benzene rings is 1. The maximum Gasteiger partial charge on any atom is 0.244 e. The first-order valence-electron chi connectivity index (χ1n) is 8.80. The van der Waals surface area contributed by atoms with E-state index in [1.54, 1.807) is 6.08 Å². The Morgan fingerprint density at radius 1 is 1.12 bits per heavy atom. The van der Waals surface area contributed by atoms with Crippen LogP contribution in [0.2, 0.25) is 0 Å². The van der Waals surface area contributed by atoms with Crippen LogP contribution in [0.1, 0.15) is 18.4 Å². The van der Waals surface area contributed by atoms with Crippen molar-refractivity contribution in [1.29, 1.82) is 0 Å². The molecule has 2 fully saturated rings. The van der Waals surface area contributed by atoms with E-state index in [-0.39, 0.29) is 5.91 Å². The second kappa shape index (κ2) is 8.31. The van der Waals surface area contributed by atoms with Crippen LogP contribution in [0.5, 0.6) is 0 Å². The third-order valence-corrected chi connectivity index (χ3v) is 4.76. The largest absolute Gasteiger partial charge is 0.378 e. The van der Waals surface area contributed by atoms with Crippen LogP contribution >= 0.6 is 0 Å². The number of anilines is 1. The number of amides is 1. The summed E-state index contributed by atoms with van der Waals surface area (Å²) in [7, 11) is 2.12. The number of carbonyl (C=O) groups excluding carboxylic acids is 1. The SMILES string of the molecule is CN1CCC(NC(=O)/C=C\c2ccc(N3CCOCC3)cc2)CC1. The van der Waals surface area contributed by atoms with Gasteiger partial charge in [0.2, 0.25) is 5.91 Å². The molecule has 0 atom stereocenters. The molecular formula is C19H27N3O2. The molecule has 2 saturated heterocycles. The fourth-order valence-electron chi connectivity index (χ4n) is 3.19. The summed E-state index contributed by atoms with van der Waals surface area (Å²) in [5.41, 5.74) is 2.26. The summed E-state index contributed by atoms with van der Waals surface area (Å²) in [4.78, 5) is 16.7. The van der Waals surface area contributed by atoms with Gasteiger partial charge in [-0.1, -0.05) is 12.1 Å². The zero-order valence-corrected chi connectivity index (χ0v) is 14.4. The second-order valence-electron chi connectivity index (χ2n) is 6.61. The van der Waals surface area contributed by atoms with Gasteiger partial charge in [0.05, 0.1) is 13.2 Å². The molecule has 5 nitrogen and oxygen atoms in total. The minimum atomic E-state index is 0.00167. The molecule has 3 rings (SSSR count). The van der Waals surface area contributed by atoms with Crippen LogP contribution < -0.4 is 10.2 Å². The molecule has 0 bridgehead atoms. The van der Waals surface area contributed by atoms with Crippen LogP contribution in [0.4, 0.5) is 5.69 Å². The molecule has 2 aliphatic rings. The van der Waals surface area contributed by atoms with Crippen LogP contribution in [0, 0.1) is 0 Å². The molecule has 130 valence electrons. The zero-order valence-electron chi connectivity index (χ0n) is 14.4. The van der Waals surface area contributed by atoms with E-state index in [1.807, 2.05) is 6.08 Å². The highest BCUT2D eigenvalue weighted by molar-refractivity contribution is 5.91. The predicted octanol–water partition coefficient (Wildman–Crippen LogP) is 1.75. The maximum atomic E-state index is 12.0. The van der Waals surface area contributed by atoms with Crippen molar-refractivity contribution < 1.29 is 9.53 Å². The Morgan fingerprint density at radius 2 is 1.79 bits per heavy atom. The zero-order chi connectivity index (χ0) is 16.8. The van der Waals surface area contributed by atoms with Crippen LogP contribution in [0.15, 0.2) is 30.3 Å². The Labute approximate surface area is 144 Å². The van der Waals surface area contributed by atoms with Crippen LogP contribution in [-0.4, -0.2) is 63.3 Å². The standard InChI is InChI=1S/C19H27N3O2/c1-21-10-8-17(9-11-21)20-19(23)7-4-16-2-5-18(6-3-16)22-12-14-24-15-13-22/h2-7,17H,8-15H2,1H3,(H,20,23)/b7-4-. The minimum Gasteiger partial charge on any atom is -0.378 e. The van der Waals surface area contributed by atoms with Crippen molar-refractivity contribution in [1.82, 2.24) is 10.2 Å². The number of likely N-dealkylation sites (tertiary alicyclic amines) is 1. The van der Waals surface area contributed by atoms with Crippen molar-refractivity contribution in [3.63, 3.8) is 0 Å².